The number of aromatic nitrogens is 1. The van der Waals surface area contributed by atoms with Crippen molar-refractivity contribution in [3.05, 3.63) is 45.8 Å². The van der Waals surface area contributed by atoms with Crippen LogP contribution in [0, 0.1) is 6.92 Å². The molecule has 0 aliphatic carbocycles. The number of hydrogen-bond donors (Lipinski definition) is 1. The largest absolute Gasteiger partial charge is 0.482 e. The van der Waals surface area contributed by atoms with Gasteiger partial charge in [-0.1, -0.05) is 28.4 Å². The summed E-state index contributed by atoms with van der Waals surface area (Å²) in [6, 6.07) is 6.43. The molecule has 1 saturated heterocycles. The van der Waals surface area contributed by atoms with Gasteiger partial charge in [0.2, 0.25) is 0 Å². The number of piperidine rings is 1. The van der Waals surface area contributed by atoms with Gasteiger partial charge in [0, 0.05) is 30.2 Å². The first-order valence-electron chi connectivity index (χ1n) is 8.52. The Balaban J connectivity index is 1.43. The summed E-state index contributed by atoms with van der Waals surface area (Å²) in [6.45, 7) is 2.68. The number of halogens is 2. The second-order valence-corrected chi connectivity index (χ2v) is 7.16. The van der Waals surface area contributed by atoms with Crippen LogP contribution in [0.25, 0.3) is 0 Å². The van der Waals surface area contributed by atoms with Crippen LogP contribution >= 0.6 is 23.2 Å². The van der Waals surface area contributed by atoms with Crippen LogP contribution in [-0.4, -0.2) is 47.6 Å². The predicted molar refractivity (Wildman–Crippen MR) is 100 cm³/mol. The van der Waals surface area contributed by atoms with Gasteiger partial charge in [0.05, 0.1) is 5.02 Å². The smallest absolute Gasteiger partial charge is 0.276 e. The lowest BCUT2D eigenvalue weighted by Crippen LogP contribution is -2.47. The van der Waals surface area contributed by atoms with Crippen molar-refractivity contribution >= 4 is 35.0 Å². The van der Waals surface area contributed by atoms with Crippen LogP contribution in [0.2, 0.25) is 10.0 Å². The standard InChI is InChI=1S/C18H19Cl2N3O4/c1-11-8-15(22-27-11)18(25)23-6-4-13(5-7-23)21-17(24)10-26-16-3-2-12(19)9-14(16)20/h2-3,8-9,13H,4-7,10H2,1H3,(H,21,24). The van der Waals surface area contributed by atoms with Gasteiger partial charge in [-0.3, -0.25) is 9.59 Å². The fraction of sp³-hybridized carbons (Fsp3) is 0.389. The maximum atomic E-state index is 12.3. The number of likely N-dealkylation sites (tertiary alicyclic amines) is 1. The molecule has 2 aromatic rings. The zero-order chi connectivity index (χ0) is 19.4. The van der Waals surface area contributed by atoms with Crippen LogP contribution in [0.15, 0.2) is 28.8 Å². The number of amides is 2. The zero-order valence-corrected chi connectivity index (χ0v) is 16.2. The summed E-state index contributed by atoms with van der Waals surface area (Å²) >= 11 is 11.8. The van der Waals surface area contributed by atoms with Gasteiger partial charge in [-0.15, -0.1) is 0 Å². The summed E-state index contributed by atoms with van der Waals surface area (Å²) in [5.41, 5.74) is 0.309. The van der Waals surface area contributed by atoms with Crippen LogP contribution in [0.3, 0.4) is 0 Å². The molecule has 1 aliphatic heterocycles. The number of ether oxygens (including phenoxy) is 1. The predicted octanol–water partition coefficient (Wildman–Crippen LogP) is 3.09. The van der Waals surface area contributed by atoms with E-state index in [0.29, 0.717) is 53.2 Å². The van der Waals surface area contributed by atoms with Crippen LogP contribution in [0.4, 0.5) is 0 Å². The first-order chi connectivity index (χ1) is 12.9. The second-order valence-electron chi connectivity index (χ2n) is 6.32. The molecule has 1 fully saturated rings. The normalized spacial score (nSPS) is 14.9. The SMILES string of the molecule is Cc1cc(C(=O)N2CCC(NC(=O)COc3ccc(Cl)cc3Cl)CC2)no1. The van der Waals surface area contributed by atoms with Crippen molar-refractivity contribution in [2.24, 2.45) is 0 Å². The van der Waals surface area contributed by atoms with Crippen LogP contribution in [0.5, 0.6) is 5.75 Å². The summed E-state index contributed by atoms with van der Waals surface area (Å²) in [5.74, 6) is 0.607. The average Bonchev–Trinajstić information content (AvgIpc) is 3.07. The van der Waals surface area contributed by atoms with Crippen molar-refractivity contribution in [3.63, 3.8) is 0 Å². The van der Waals surface area contributed by atoms with E-state index < -0.39 is 0 Å². The molecule has 0 unspecified atom stereocenters. The molecule has 1 aromatic carbocycles. The third-order valence-corrected chi connectivity index (χ3v) is 4.78. The number of carbonyl (C=O) groups excluding carboxylic acids is 2. The van der Waals surface area contributed by atoms with Gasteiger partial charge in [0.15, 0.2) is 12.3 Å². The molecule has 7 nitrogen and oxygen atoms in total. The number of nitrogens with zero attached hydrogens (tertiary/aromatic N) is 2. The van der Waals surface area contributed by atoms with Crippen molar-refractivity contribution < 1.29 is 18.8 Å². The Bertz CT molecular complexity index is 832. The first-order valence-corrected chi connectivity index (χ1v) is 9.28. The number of benzene rings is 1. The lowest BCUT2D eigenvalue weighted by Gasteiger charge is -2.31. The van der Waals surface area contributed by atoms with Crippen LogP contribution < -0.4 is 10.1 Å². The third-order valence-electron chi connectivity index (χ3n) is 4.25. The quantitative estimate of drug-likeness (QED) is 0.816. The minimum atomic E-state index is -0.238. The minimum absolute atomic E-state index is 0.00937. The molecular formula is C18H19Cl2N3O4. The number of hydrogen-bond acceptors (Lipinski definition) is 5. The van der Waals surface area contributed by atoms with Gasteiger partial charge in [-0.05, 0) is 38.0 Å². The molecule has 144 valence electrons. The van der Waals surface area contributed by atoms with E-state index in [-0.39, 0.29) is 24.5 Å². The molecule has 9 heteroatoms. The van der Waals surface area contributed by atoms with E-state index in [2.05, 4.69) is 10.5 Å². The van der Waals surface area contributed by atoms with E-state index in [9.17, 15) is 9.59 Å². The number of rotatable bonds is 5. The topological polar surface area (TPSA) is 84.7 Å². The maximum absolute atomic E-state index is 12.3. The Labute approximate surface area is 166 Å². The van der Waals surface area contributed by atoms with Gasteiger partial charge < -0.3 is 19.5 Å². The fourth-order valence-electron chi connectivity index (χ4n) is 2.86. The first kappa shape index (κ1) is 19.5. The highest BCUT2D eigenvalue weighted by atomic mass is 35.5. The minimum Gasteiger partial charge on any atom is -0.482 e. The lowest BCUT2D eigenvalue weighted by molar-refractivity contribution is -0.124. The summed E-state index contributed by atoms with van der Waals surface area (Å²) < 4.78 is 10.4. The molecule has 0 bridgehead atoms. The van der Waals surface area contributed by atoms with Gasteiger partial charge >= 0.3 is 0 Å². The van der Waals surface area contributed by atoms with Crippen molar-refractivity contribution in [1.82, 2.24) is 15.4 Å². The van der Waals surface area contributed by atoms with E-state index in [0.717, 1.165) is 0 Å². The van der Waals surface area contributed by atoms with Crippen molar-refractivity contribution in [1.29, 1.82) is 0 Å². The summed E-state index contributed by atoms with van der Waals surface area (Å²) in [5, 5.41) is 7.52. The maximum Gasteiger partial charge on any atom is 0.276 e. The van der Waals surface area contributed by atoms with Crippen LogP contribution in [-0.2, 0) is 4.79 Å². The fourth-order valence-corrected chi connectivity index (χ4v) is 3.32. The highest BCUT2D eigenvalue weighted by molar-refractivity contribution is 6.35. The van der Waals surface area contributed by atoms with E-state index in [1.165, 1.54) is 0 Å². The number of carbonyl (C=O) groups is 2. The highest BCUT2D eigenvalue weighted by Gasteiger charge is 2.26. The Morgan fingerprint density at radius 3 is 2.67 bits per heavy atom. The van der Waals surface area contributed by atoms with Gasteiger partial charge in [-0.25, -0.2) is 0 Å². The van der Waals surface area contributed by atoms with Crippen molar-refractivity contribution in [2.75, 3.05) is 19.7 Å². The zero-order valence-electron chi connectivity index (χ0n) is 14.7. The Hall–Kier alpha value is -2.25. The molecule has 0 atom stereocenters. The number of nitrogens with one attached hydrogen (secondary N) is 1. The molecule has 0 radical (unpaired) electrons. The monoisotopic (exact) mass is 411 g/mol. The Morgan fingerprint density at radius 2 is 2.04 bits per heavy atom. The lowest BCUT2D eigenvalue weighted by atomic mass is 10.0. The summed E-state index contributed by atoms with van der Waals surface area (Å²) in [4.78, 5) is 26.1. The molecule has 2 amide bonds. The van der Waals surface area contributed by atoms with Gasteiger partial charge in [0.1, 0.15) is 11.5 Å². The third kappa shape index (κ3) is 5.14. The molecule has 0 saturated carbocycles. The molecule has 1 aliphatic rings. The van der Waals surface area contributed by atoms with E-state index in [1.54, 1.807) is 36.1 Å². The molecule has 3 rings (SSSR count). The number of aryl methyl sites for hydroxylation is 1. The Morgan fingerprint density at radius 1 is 1.30 bits per heavy atom. The van der Waals surface area contributed by atoms with Gasteiger partial charge in [-0.2, -0.15) is 0 Å². The molecule has 0 spiro atoms. The molecule has 1 N–H and O–H groups in total. The highest BCUT2D eigenvalue weighted by Crippen LogP contribution is 2.27. The van der Waals surface area contributed by atoms with Crippen molar-refractivity contribution in [3.8, 4) is 5.75 Å². The van der Waals surface area contributed by atoms with Gasteiger partial charge in [0.25, 0.3) is 11.8 Å². The molecule has 2 heterocycles. The van der Waals surface area contributed by atoms with E-state index in [1.807, 2.05) is 0 Å². The van der Waals surface area contributed by atoms with E-state index in [4.69, 9.17) is 32.5 Å². The second kappa shape index (κ2) is 8.63. The molecule has 27 heavy (non-hydrogen) atoms. The summed E-state index contributed by atoms with van der Waals surface area (Å²) in [6.07, 6.45) is 1.33. The Kier molecular flexibility index (Phi) is 6.23. The molecule has 1 aromatic heterocycles. The summed E-state index contributed by atoms with van der Waals surface area (Å²) in [7, 11) is 0. The van der Waals surface area contributed by atoms with Crippen LogP contribution in [0.1, 0.15) is 29.1 Å². The average molecular weight is 412 g/mol. The van der Waals surface area contributed by atoms with E-state index >= 15 is 0 Å². The van der Waals surface area contributed by atoms with Crippen molar-refractivity contribution in [2.45, 2.75) is 25.8 Å². The molecular weight excluding hydrogens is 393 g/mol.